The SMILES string of the molecule is Cc1cc(-c2noc(N)c2-c2c(F)cccc2Cl)c(C)o1. The summed E-state index contributed by atoms with van der Waals surface area (Å²) in [5.41, 5.74) is 7.44. The van der Waals surface area contributed by atoms with Gasteiger partial charge in [-0.25, -0.2) is 4.39 Å². The van der Waals surface area contributed by atoms with Crippen LogP contribution >= 0.6 is 11.6 Å². The number of aromatic nitrogens is 1. The number of anilines is 1. The van der Waals surface area contributed by atoms with Gasteiger partial charge in [0.15, 0.2) is 0 Å². The van der Waals surface area contributed by atoms with E-state index in [1.165, 1.54) is 12.1 Å². The Labute approximate surface area is 125 Å². The second kappa shape index (κ2) is 4.93. The predicted octanol–water partition coefficient (Wildman–Crippen LogP) is 4.59. The highest BCUT2D eigenvalue weighted by Crippen LogP contribution is 2.42. The molecule has 108 valence electrons. The molecule has 21 heavy (non-hydrogen) atoms. The summed E-state index contributed by atoms with van der Waals surface area (Å²) in [5.74, 6) is 0.885. The molecule has 0 aliphatic heterocycles. The standard InChI is InChI=1S/C15H12ClFN2O2/c1-7-6-9(8(2)20-7)14-13(15(18)21-19-14)12-10(16)4-3-5-11(12)17/h3-6H,18H2,1-2H3. The van der Waals surface area contributed by atoms with Crippen molar-refractivity contribution >= 4 is 17.5 Å². The summed E-state index contributed by atoms with van der Waals surface area (Å²) >= 11 is 6.11. The smallest absolute Gasteiger partial charge is 0.230 e. The lowest BCUT2D eigenvalue weighted by atomic mass is 10.0. The van der Waals surface area contributed by atoms with Crippen LogP contribution in [-0.2, 0) is 0 Å². The van der Waals surface area contributed by atoms with Gasteiger partial charge in [0.25, 0.3) is 0 Å². The molecular weight excluding hydrogens is 295 g/mol. The Morgan fingerprint density at radius 3 is 2.62 bits per heavy atom. The summed E-state index contributed by atoms with van der Waals surface area (Å²) in [6.45, 7) is 3.61. The first-order valence-corrected chi connectivity index (χ1v) is 6.63. The molecule has 0 saturated heterocycles. The number of rotatable bonds is 2. The van der Waals surface area contributed by atoms with E-state index in [0.717, 1.165) is 5.76 Å². The highest BCUT2D eigenvalue weighted by atomic mass is 35.5. The van der Waals surface area contributed by atoms with Crippen LogP contribution in [0, 0.1) is 19.7 Å². The van der Waals surface area contributed by atoms with Crippen molar-refractivity contribution in [3.8, 4) is 22.4 Å². The molecule has 0 saturated carbocycles. The van der Waals surface area contributed by atoms with Crippen molar-refractivity contribution in [1.29, 1.82) is 0 Å². The second-order valence-corrected chi connectivity index (χ2v) is 5.10. The van der Waals surface area contributed by atoms with E-state index >= 15 is 0 Å². The third-order valence-corrected chi connectivity index (χ3v) is 3.54. The van der Waals surface area contributed by atoms with E-state index in [-0.39, 0.29) is 16.5 Å². The van der Waals surface area contributed by atoms with E-state index < -0.39 is 5.82 Å². The highest BCUT2D eigenvalue weighted by molar-refractivity contribution is 6.33. The van der Waals surface area contributed by atoms with Crippen LogP contribution in [0.2, 0.25) is 5.02 Å². The normalized spacial score (nSPS) is 11.0. The fourth-order valence-corrected chi connectivity index (χ4v) is 2.59. The first kappa shape index (κ1) is 13.7. The van der Waals surface area contributed by atoms with Gasteiger partial charge in [-0.15, -0.1) is 0 Å². The first-order chi connectivity index (χ1) is 9.99. The Morgan fingerprint density at radius 2 is 2.00 bits per heavy atom. The summed E-state index contributed by atoms with van der Waals surface area (Å²) in [5, 5.41) is 4.17. The van der Waals surface area contributed by atoms with Crippen LogP contribution < -0.4 is 5.73 Å². The van der Waals surface area contributed by atoms with Gasteiger partial charge in [-0.05, 0) is 32.0 Å². The van der Waals surface area contributed by atoms with Gasteiger partial charge >= 0.3 is 0 Å². The third kappa shape index (κ3) is 2.19. The molecule has 0 atom stereocenters. The number of hydrogen-bond acceptors (Lipinski definition) is 4. The van der Waals surface area contributed by atoms with Gasteiger partial charge in [0.2, 0.25) is 5.88 Å². The number of benzene rings is 1. The number of nitrogen functional groups attached to an aromatic ring is 1. The maximum atomic E-state index is 14.2. The summed E-state index contributed by atoms with van der Waals surface area (Å²) in [4.78, 5) is 0. The molecule has 3 aromatic rings. The highest BCUT2D eigenvalue weighted by Gasteiger charge is 2.24. The van der Waals surface area contributed by atoms with Crippen LogP contribution in [-0.4, -0.2) is 5.16 Å². The lowest BCUT2D eigenvalue weighted by Gasteiger charge is -2.06. The van der Waals surface area contributed by atoms with Crippen LogP contribution in [0.5, 0.6) is 0 Å². The molecule has 0 spiro atoms. The van der Waals surface area contributed by atoms with Gasteiger partial charge in [0.1, 0.15) is 23.0 Å². The Balaban J connectivity index is 2.30. The minimum atomic E-state index is -0.489. The Kier molecular flexibility index (Phi) is 3.22. The van der Waals surface area contributed by atoms with Gasteiger partial charge in [-0.1, -0.05) is 22.8 Å². The van der Waals surface area contributed by atoms with Crippen molar-refractivity contribution in [2.24, 2.45) is 0 Å². The van der Waals surface area contributed by atoms with Crippen LogP contribution in [0.3, 0.4) is 0 Å². The Morgan fingerprint density at radius 1 is 1.24 bits per heavy atom. The molecule has 0 amide bonds. The monoisotopic (exact) mass is 306 g/mol. The number of furan rings is 1. The van der Waals surface area contributed by atoms with Crippen molar-refractivity contribution < 1.29 is 13.3 Å². The lowest BCUT2D eigenvalue weighted by Crippen LogP contribution is -1.92. The molecule has 0 unspecified atom stereocenters. The van der Waals surface area contributed by atoms with E-state index in [2.05, 4.69) is 5.16 Å². The molecule has 0 radical (unpaired) electrons. The fraction of sp³-hybridized carbons (Fsp3) is 0.133. The lowest BCUT2D eigenvalue weighted by molar-refractivity contribution is 0.439. The zero-order chi connectivity index (χ0) is 15.1. The topological polar surface area (TPSA) is 65.2 Å². The van der Waals surface area contributed by atoms with Gasteiger partial charge in [-0.2, -0.15) is 0 Å². The van der Waals surface area contributed by atoms with Gasteiger partial charge in [0.05, 0.1) is 10.6 Å². The molecule has 0 aliphatic rings. The molecule has 4 nitrogen and oxygen atoms in total. The van der Waals surface area contributed by atoms with E-state index in [4.69, 9.17) is 26.3 Å². The summed E-state index contributed by atoms with van der Waals surface area (Å²) in [6, 6.07) is 6.22. The van der Waals surface area contributed by atoms with Crippen LogP contribution in [0.4, 0.5) is 10.3 Å². The third-order valence-electron chi connectivity index (χ3n) is 3.23. The zero-order valence-electron chi connectivity index (χ0n) is 11.4. The predicted molar refractivity (Wildman–Crippen MR) is 78.5 cm³/mol. The molecule has 6 heteroatoms. The second-order valence-electron chi connectivity index (χ2n) is 4.69. The molecular formula is C15H12ClFN2O2. The molecule has 0 bridgehead atoms. The fourth-order valence-electron chi connectivity index (χ4n) is 2.33. The first-order valence-electron chi connectivity index (χ1n) is 6.26. The van der Waals surface area contributed by atoms with Crippen LogP contribution in [0.1, 0.15) is 11.5 Å². The zero-order valence-corrected chi connectivity index (χ0v) is 12.2. The minimum Gasteiger partial charge on any atom is -0.466 e. The molecule has 2 heterocycles. The molecule has 0 fully saturated rings. The number of nitrogens with zero attached hydrogens (tertiary/aromatic N) is 1. The minimum absolute atomic E-state index is 0.00949. The maximum absolute atomic E-state index is 14.2. The molecule has 3 rings (SSSR count). The Hall–Kier alpha value is -2.27. The van der Waals surface area contributed by atoms with E-state index in [1.807, 2.05) is 6.92 Å². The average Bonchev–Trinajstić information content (AvgIpc) is 2.93. The number of aryl methyl sites for hydroxylation is 2. The molecule has 0 aliphatic carbocycles. The summed E-state index contributed by atoms with van der Waals surface area (Å²) in [7, 11) is 0. The summed E-state index contributed by atoms with van der Waals surface area (Å²) < 4.78 is 24.7. The van der Waals surface area contributed by atoms with Crippen molar-refractivity contribution in [2.75, 3.05) is 5.73 Å². The largest absolute Gasteiger partial charge is 0.466 e. The molecule has 2 N–H and O–H groups in total. The van der Waals surface area contributed by atoms with Gasteiger partial charge < -0.3 is 14.7 Å². The van der Waals surface area contributed by atoms with Crippen molar-refractivity contribution in [3.05, 3.63) is 46.6 Å². The average molecular weight is 307 g/mol. The number of hydrogen-bond donors (Lipinski definition) is 1. The van der Waals surface area contributed by atoms with E-state index in [0.29, 0.717) is 22.6 Å². The van der Waals surface area contributed by atoms with Crippen molar-refractivity contribution in [1.82, 2.24) is 5.16 Å². The molecule has 2 aromatic heterocycles. The summed E-state index contributed by atoms with van der Waals surface area (Å²) in [6.07, 6.45) is 0. The van der Waals surface area contributed by atoms with Crippen LogP contribution in [0.15, 0.2) is 33.2 Å². The van der Waals surface area contributed by atoms with Crippen molar-refractivity contribution in [2.45, 2.75) is 13.8 Å². The maximum Gasteiger partial charge on any atom is 0.230 e. The molecule has 1 aromatic carbocycles. The Bertz CT molecular complexity index is 803. The van der Waals surface area contributed by atoms with Gasteiger partial charge in [-0.3, -0.25) is 0 Å². The number of halogens is 2. The number of nitrogens with two attached hydrogens (primary N) is 1. The van der Waals surface area contributed by atoms with E-state index in [9.17, 15) is 4.39 Å². The van der Waals surface area contributed by atoms with E-state index in [1.54, 1.807) is 19.1 Å². The van der Waals surface area contributed by atoms with Crippen LogP contribution in [0.25, 0.3) is 22.4 Å². The van der Waals surface area contributed by atoms with Crippen molar-refractivity contribution in [3.63, 3.8) is 0 Å². The van der Waals surface area contributed by atoms with Gasteiger partial charge in [0, 0.05) is 11.1 Å². The quantitative estimate of drug-likeness (QED) is 0.752.